The summed E-state index contributed by atoms with van der Waals surface area (Å²) < 4.78 is 5.44. The van der Waals surface area contributed by atoms with Crippen molar-refractivity contribution in [1.29, 1.82) is 0 Å². The average molecular weight is 524 g/mol. The van der Waals surface area contributed by atoms with Gasteiger partial charge in [0.15, 0.2) is 5.96 Å². The number of rotatable bonds is 7. The molecule has 0 spiro atoms. The van der Waals surface area contributed by atoms with Crippen LogP contribution in [0.1, 0.15) is 20.3 Å². The molecule has 2 heterocycles. The first-order chi connectivity index (χ1) is 13.3. The summed E-state index contributed by atoms with van der Waals surface area (Å²) in [5.41, 5.74) is 0. The highest BCUT2D eigenvalue weighted by atomic mass is 127. The van der Waals surface area contributed by atoms with Crippen LogP contribution < -0.4 is 10.6 Å². The minimum atomic E-state index is -0.0208. The molecule has 168 valence electrons. The maximum absolute atomic E-state index is 12.0. The lowest BCUT2D eigenvalue weighted by Gasteiger charge is -2.36. The number of halogens is 1. The third-order valence-corrected chi connectivity index (χ3v) is 4.92. The van der Waals surface area contributed by atoms with Crippen molar-refractivity contribution in [2.75, 3.05) is 73.1 Å². The molecule has 0 radical (unpaired) electrons. The molecule has 1 unspecified atom stereocenters. The zero-order chi connectivity index (χ0) is 20.5. The first kappa shape index (κ1) is 25.9. The van der Waals surface area contributed by atoms with Crippen LogP contribution in [0.2, 0.25) is 0 Å². The molecule has 1 atom stereocenters. The van der Waals surface area contributed by atoms with E-state index in [1.165, 1.54) is 0 Å². The van der Waals surface area contributed by atoms with E-state index in [2.05, 4.69) is 25.4 Å². The van der Waals surface area contributed by atoms with E-state index in [9.17, 15) is 9.59 Å². The van der Waals surface area contributed by atoms with Crippen LogP contribution in [-0.2, 0) is 14.3 Å². The van der Waals surface area contributed by atoms with Crippen LogP contribution in [-0.4, -0.2) is 112 Å². The molecular formula is C19H37IN6O3. The van der Waals surface area contributed by atoms with Crippen molar-refractivity contribution < 1.29 is 14.3 Å². The predicted molar refractivity (Wildman–Crippen MR) is 125 cm³/mol. The Morgan fingerprint density at radius 1 is 1.21 bits per heavy atom. The number of hydrogen-bond acceptors (Lipinski definition) is 5. The molecule has 2 fully saturated rings. The van der Waals surface area contributed by atoms with Crippen molar-refractivity contribution >= 4 is 41.8 Å². The van der Waals surface area contributed by atoms with Gasteiger partial charge in [0.2, 0.25) is 11.8 Å². The largest absolute Gasteiger partial charge is 0.381 e. The van der Waals surface area contributed by atoms with Gasteiger partial charge in [-0.2, -0.15) is 0 Å². The Labute approximate surface area is 191 Å². The van der Waals surface area contributed by atoms with Gasteiger partial charge >= 0.3 is 0 Å². The van der Waals surface area contributed by atoms with Gasteiger partial charge in [0.25, 0.3) is 0 Å². The molecular weight excluding hydrogens is 487 g/mol. The number of guanidine groups is 1. The Balaban J connectivity index is 0.00000420. The fraction of sp³-hybridized carbons (Fsp3) is 0.842. The lowest BCUT2D eigenvalue weighted by molar-refractivity contribution is -0.127. The number of nitrogens with one attached hydrogen (secondary N) is 2. The smallest absolute Gasteiger partial charge is 0.243 e. The highest BCUT2D eigenvalue weighted by Crippen LogP contribution is 2.11. The van der Waals surface area contributed by atoms with Crippen LogP contribution in [0.15, 0.2) is 4.99 Å². The van der Waals surface area contributed by atoms with Gasteiger partial charge in [-0.15, -0.1) is 24.0 Å². The zero-order valence-electron chi connectivity index (χ0n) is 18.1. The van der Waals surface area contributed by atoms with Crippen LogP contribution in [0.3, 0.4) is 0 Å². The highest BCUT2D eigenvalue weighted by molar-refractivity contribution is 14.0. The van der Waals surface area contributed by atoms with Crippen molar-refractivity contribution in [3.63, 3.8) is 0 Å². The first-order valence-corrected chi connectivity index (χ1v) is 10.2. The number of ether oxygens (including phenoxy) is 1. The van der Waals surface area contributed by atoms with E-state index in [1.807, 2.05) is 13.8 Å². The Hall–Kier alpha value is -1.14. The fourth-order valence-corrected chi connectivity index (χ4v) is 3.22. The molecule has 10 heteroatoms. The highest BCUT2D eigenvalue weighted by Gasteiger charge is 2.23. The molecule has 0 saturated carbocycles. The van der Waals surface area contributed by atoms with E-state index in [0.717, 1.165) is 58.3 Å². The second-order valence-corrected chi connectivity index (χ2v) is 8.02. The van der Waals surface area contributed by atoms with Crippen LogP contribution >= 0.6 is 24.0 Å². The van der Waals surface area contributed by atoms with E-state index in [1.54, 1.807) is 19.0 Å². The molecule has 2 rings (SSSR count). The van der Waals surface area contributed by atoms with Crippen LogP contribution in [0.25, 0.3) is 0 Å². The monoisotopic (exact) mass is 524 g/mol. The molecule has 0 aromatic carbocycles. The molecule has 0 bridgehead atoms. The minimum absolute atomic E-state index is 0. The van der Waals surface area contributed by atoms with Crippen LogP contribution in [0, 0.1) is 5.92 Å². The van der Waals surface area contributed by atoms with E-state index < -0.39 is 0 Å². The number of carbonyl (C=O) groups excluding carboxylic acids is 2. The summed E-state index contributed by atoms with van der Waals surface area (Å²) in [7, 11) is 3.48. The Morgan fingerprint density at radius 2 is 1.90 bits per heavy atom. The third-order valence-electron chi connectivity index (χ3n) is 4.92. The summed E-state index contributed by atoms with van der Waals surface area (Å²) >= 11 is 0. The number of amides is 2. The van der Waals surface area contributed by atoms with Crippen molar-refractivity contribution in [2.24, 2.45) is 10.9 Å². The molecule has 2 saturated heterocycles. The molecule has 2 amide bonds. The van der Waals surface area contributed by atoms with E-state index in [4.69, 9.17) is 4.74 Å². The molecule has 2 aliphatic rings. The summed E-state index contributed by atoms with van der Waals surface area (Å²) in [6, 6.07) is 0.158. The van der Waals surface area contributed by atoms with Crippen molar-refractivity contribution in [1.82, 2.24) is 25.3 Å². The van der Waals surface area contributed by atoms with Gasteiger partial charge < -0.3 is 25.2 Å². The number of carbonyl (C=O) groups is 2. The third kappa shape index (κ3) is 9.47. The molecule has 29 heavy (non-hydrogen) atoms. The zero-order valence-corrected chi connectivity index (χ0v) is 20.5. The quantitative estimate of drug-likeness (QED) is 0.273. The molecule has 9 nitrogen and oxygen atoms in total. The van der Waals surface area contributed by atoms with Gasteiger partial charge in [-0.25, -0.2) is 4.99 Å². The number of hydrogen-bond donors (Lipinski definition) is 2. The van der Waals surface area contributed by atoms with Gasteiger partial charge in [0.1, 0.15) is 6.54 Å². The van der Waals surface area contributed by atoms with E-state index >= 15 is 0 Å². The Bertz CT molecular complexity index is 544. The number of likely N-dealkylation sites (N-methyl/N-ethyl adjacent to an activating group) is 1. The van der Waals surface area contributed by atoms with E-state index in [0.29, 0.717) is 12.5 Å². The molecule has 0 aliphatic carbocycles. The van der Waals surface area contributed by atoms with Crippen molar-refractivity contribution in [3.05, 3.63) is 0 Å². The standard InChI is InChI=1S/C19H36N6O3.HI/c1-15(2)22-17(26)13-24-6-8-25(9-7-24)19(21-12-18(27)23(3)4)20-11-16-5-10-28-14-16;/h15-16H,5-14H2,1-4H3,(H,20,21)(H,22,26);1H. The van der Waals surface area contributed by atoms with Crippen LogP contribution in [0.4, 0.5) is 0 Å². The predicted octanol–water partition coefficient (Wildman–Crippen LogP) is -0.183. The Kier molecular flexibility index (Phi) is 11.8. The minimum Gasteiger partial charge on any atom is -0.381 e. The van der Waals surface area contributed by atoms with E-state index in [-0.39, 0.29) is 48.4 Å². The summed E-state index contributed by atoms with van der Waals surface area (Å²) in [6.45, 7) is 10.0. The fourth-order valence-electron chi connectivity index (χ4n) is 3.22. The Morgan fingerprint density at radius 3 is 2.45 bits per heavy atom. The number of nitrogens with zero attached hydrogens (tertiary/aromatic N) is 4. The topological polar surface area (TPSA) is 89.5 Å². The number of piperazine rings is 1. The summed E-state index contributed by atoms with van der Waals surface area (Å²) in [5.74, 6) is 1.30. The lowest BCUT2D eigenvalue weighted by atomic mass is 10.1. The molecule has 0 aromatic heterocycles. The first-order valence-electron chi connectivity index (χ1n) is 10.2. The van der Waals surface area contributed by atoms with Crippen molar-refractivity contribution in [2.45, 2.75) is 26.3 Å². The van der Waals surface area contributed by atoms with Gasteiger partial charge in [0, 0.05) is 65.4 Å². The van der Waals surface area contributed by atoms with Gasteiger partial charge in [0.05, 0.1) is 13.2 Å². The SMILES string of the molecule is CC(C)NC(=O)CN1CCN(C(=NCC(=O)N(C)C)NCC2CCOC2)CC1.I. The summed E-state index contributed by atoms with van der Waals surface area (Å²) in [6.07, 6.45) is 1.05. The van der Waals surface area contributed by atoms with Gasteiger partial charge in [-0.1, -0.05) is 0 Å². The maximum atomic E-state index is 12.0. The second kappa shape index (κ2) is 13.2. The van der Waals surface area contributed by atoms with Crippen molar-refractivity contribution in [3.8, 4) is 0 Å². The maximum Gasteiger partial charge on any atom is 0.243 e. The molecule has 2 aliphatic heterocycles. The summed E-state index contributed by atoms with van der Waals surface area (Å²) in [5, 5.41) is 6.37. The van der Waals surface area contributed by atoms with Gasteiger partial charge in [-0.05, 0) is 20.3 Å². The summed E-state index contributed by atoms with van der Waals surface area (Å²) in [4.78, 5) is 34.4. The molecule has 0 aromatic rings. The second-order valence-electron chi connectivity index (χ2n) is 8.02. The normalized spacial score (nSPS) is 20.4. The average Bonchev–Trinajstić information content (AvgIpc) is 3.15. The van der Waals surface area contributed by atoms with Crippen LogP contribution in [0.5, 0.6) is 0 Å². The lowest BCUT2D eigenvalue weighted by Crippen LogP contribution is -2.54. The van der Waals surface area contributed by atoms with Gasteiger partial charge in [-0.3, -0.25) is 14.5 Å². The molecule has 2 N–H and O–H groups in total. The number of aliphatic imine (C=N–C) groups is 1.